The fourth-order valence-electron chi connectivity index (χ4n) is 5.71. The number of unbranched alkanes of at least 4 members (excludes halogenated alkanes) is 2. The maximum atomic E-state index is 13.9. The molecule has 1 unspecified atom stereocenters. The van der Waals surface area contributed by atoms with Crippen molar-refractivity contribution in [3.8, 4) is 29.0 Å². The van der Waals surface area contributed by atoms with Crippen molar-refractivity contribution in [2.45, 2.75) is 77.6 Å². The van der Waals surface area contributed by atoms with Gasteiger partial charge in [-0.1, -0.05) is 81.6 Å². The molecular weight excluding hydrogens is 417 g/mol. The van der Waals surface area contributed by atoms with Gasteiger partial charge in [0.1, 0.15) is 11.9 Å². The number of rotatable bonds is 6. The summed E-state index contributed by atoms with van der Waals surface area (Å²) in [6, 6.07) is 14.5. The smallest absolute Gasteiger partial charge is 0.141 e. The molecule has 176 valence electrons. The van der Waals surface area contributed by atoms with Crippen LogP contribution in [0.1, 0.15) is 88.7 Å². The molecule has 1 fully saturated rings. The van der Waals surface area contributed by atoms with E-state index >= 15 is 0 Å². The van der Waals surface area contributed by atoms with Gasteiger partial charge in [0.2, 0.25) is 0 Å². The molecule has 2 aliphatic carbocycles. The van der Waals surface area contributed by atoms with Gasteiger partial charge in [-0.2, -0.15) is 5.26 Å². The molecule has 0 heterocycles. The Morgan fingerprint density at radius 2 is 1.65 bits per heavy atom. The predicted octanol–water partition coefficient (Wildman–Crippen LogP) is 8.83. The monoisotopic (exact) mass is 453 g/mol. The van der Waals surface area contributed by atoms with Crippen molar-refractivity contribution in [1.29, 1.82) is 5.26 Å². The third kappa shape index (κ3) is 6.39. The first-order valence-corrected chi connectivity index (χ1v) is 13.2. The molecule has 0 amide bonds. The molecule has 34 heavy (non-hydrogen) atoms. The summed E-state index contributed by atoms with van der Waals surface area (Å²) in [5, 5.41) is 8.90. The third-order valence-electron chi connectivity index (χ3n) is 7.90. The number of hydrogen-bond donors (Lipinski definition) is 0. The summed E-state index contributed by atoms with van der Waals surface area (Å²) in [6.45, 7) is 2.30. The zero-order valence-corrected chi connectivity index (χ0v) is 20.5. The average molecular weight is 454 g/mol. The highest BCUT2D eigenvalue weighted by Gasteiger charge is 2.28. The van der Waals surface area contributed by atoms with Gasteiger partial charge in [0.25, 0.3) is 0 Å². The SMILES string of the molecule is CCCCCC1CCC(C2CC=C(C#Cc3ccc(-c4ccc(C#N)c(F)c4)cc3)CC2)CC1. The van der Waals surface area contributed by atoms with E-state index in [2.05, 4.69) is 24.8 Å². The Morgan fingerprint density at radius 1 is 0.882 bits per heavy atom. The largest absolute Gasteiger partial charge is 0.206 e. The Labute approximate surface area is 205 Å². The van der Waals surface area contributed by atoms with Gasteiger partial charge in [-0.25, -0.2) is 4.39 Å². The summed E-state index contributed by atoms with van der Waals surface area (Å²) in [5.41, 5.74) is 4.02. The fourth-order valence-corrected chi connectivity index (χ4v) is 5.71. The van der Waals surface area contributed by atoms with Crippen molar-refractivity contribution in [2.24, 2.45) is 17.8 Å². The van der Waals surface area contributed by atoms with E-state index in [1.165, 1.54) is 81.9 Å². The van der Waals surface area contributed by atoms with E-state index in [-0.39, 0.29) is 5.56 Å². The highest BCUT2D eigenvalue weighted by molar-refractivity contribution is 5.65. The van der Waals surface area contributed by atoms with Crippen LogP contribution in [0.25, 0.3) is 11.1 Å². The molecule has 0 radical (unpaired) electrons. The highest BCUT2D eigenvalue weighted by Crippen LogP contribution is 2.40. The second-order valence-corrected chi connectivity index (χ2v) is 10.2. The van der Waals surface area contributed by atoms with Crippen LogP contribution in [0.5, 0.6) is 0 Å². The molecule has 2 aliphatic rings. The van der Waals surface area contributed by atoms with E-state index in [9.17, 15) is 4.39 Å². The molecular formula is C32H36FN. The van der Waals surface area contributed by atoms with Gasteiger partial charge in [0.05, 0.1) is 5.56 Å². The number of halogens is 1. The molecule has 1 atom stereocenters. The number of hydrogen-bond acceptors (Lipinski definition) is 1. The van der Waals surface area contributed by atoms with Crippen molar-refractivity contribution < 1.29 is 4.39 Å². The Bertz CT molecular complexity index is 1080. The molecule has 0 saturated heterocycles. The summed E-state index contributed by atoms with van der Waals surface area (Å²) in [7, 11) is 0. The van der Waals surface area contributed by atoms with Crippen LogP contribution >= 0.6 is 0 Å². The zero-order chi connectivity index (χ0) is 23.8. The topological polar surface area (TPSA) is 23.8 Å². The summed E-state index contributed by atoms with van der Waals surface area (Å²) >= 11 is 0. The molecule has 1 nitrogen and oxygen atoms in total. The maximum absolute atomic E-state index is 13.9. The van der Waals surface area contributed by atoms with Crippen LogP contribution in [-0.2, 0) is 0 Å². The zero-order valence-electron chi connectivity index (χ0n) is 20.5. The first-order valence-electron chi connectivity index (χ1n) is 13.2. The van der Waals surface area contributed by atoms with Gasteiger partial charge in [-0.05, 0) is 90.8 Å². The second-order valence-electron chi connectivity index (χ2n) is 10.2. The average Bonchev–Trinajstić information content (AvgIpc) is 2.89. The molecule has 0 spiro atoms. The Hall–Kier alpha value is -2.84. The first kappa shape index (κ1) is 24.3. The number of nitriles is 1. The van der Waals surface area contributed by atoms with Gasteiger partial charge < -0.3 is 0 Å². The molecule has 0 bridgehead atoms. The Morgan fingerprint density at radius 3 is 2.29 bits per heavy atom. The van der Waals surface area contributed by atoms with Crippen LogP contribution in [-0.4, -0.2) is 0 Å². The maximum Gasteiger partial charge on any atom is 0.141 e. The lowest BCUT2D eigenvalue weighted by atomic mass is 9.70. The van der Waals surface area contributed by atoms with Crippen LogP contribution in [0.4, 0.5) is 4.39 Å². The first-order chi connectivity index (χ1) is 16.7. The summed E-state index contributed by atoms with van der Waals surface area (Å²) < 4.78 is 13.9. The van der Waals surface area contributed by atoms with Gasteiger partial charge in [-0.3, -0.25) is 0 Å². The molecule has 4 rings (SSSR count). The predicted molar refractivity (Wildman–Crippen MR) is 138 cm³/mol. The standard InChI is InChI=1S/C32H36FN/c1-2-3-4-5-24-8-14-27(15-9-24)28-16-10-25(11-17-28)6-7-26-12-18-29(19-13-26)30-20-21-31(23-34)32(33)22-30/h10,12-13,18-22,24,27-28H,2-5,8-9,11,14-17H2,1H3. The molecule has 2 aromatic rings. The van der Waals surface area contributed by atoms with Crippen molar-refractivity contribution >= 4 is 0 Å². The quantitative estimate of drug-likeness (QED) is 0.316. The molecule has 2 heteroatoms. The number of nitrogens with zero attached hydrogens (tertiary/aromatic N) is 1. The van der Waals surface area contributed by atoms with E-state index in [0.29, 0.717) is 0 Å². The van der Waals surface area contributed by atoms with Crippen molar-refractivity contribution in [3.05, 3.63) is 71.1 Å². The van der Waals surface area contributed by atoms with Gasteiger partial charge in [-0.15, -0.1) is 0 Å². The highest BCUT2D eigenvalue weighted by atomic mass is 19.1. The lowest BCUT2D eigenvalue weighted by molar-refractivity contribution is 0.186. The molecule has 0 aromatic heterocycles. The van der Waals surface area contributed by atoms with Crippen LogP contribution in [0, 0.1) is 46.7 Å². The van der Waals surface area contributed by atoms with Crippen molar-refractivity contribution in [3.63, 3.8) is 0 Å². The van der Waals surface area contributed by atoms with Crippen LogP contribution in [0.3, 0.4) is 0 Å². The van der Waals surface area contributed by atoms with E-state index in [4.69, 9.17) is 5.26 Å². The van der Waals surface area contributed by atoms with E-state index in [0.717, 1.165) is 40.9 Å². The lowest BCUT2D eigenvalue weighted by Crippen LogP contribution is -2.23. The molecule has 0 aliphatic heterocycles. The minimum Gasteiger partial charge on any atom is -0.206 e. The molecule has 0 N–H and O–H groups in total. The van der Waals surface area contributed by atoms with Gasteiger partial charge >= 0.3 is 0 Å². The number of allylic oxidation sites excluding steroid dienone is 2. The lowest BCUT2D eigenvalue weighted by Gasteiger charge is -2.35. The van der Waals surface area contributed by atoms with Crippen molar-refractivity contribution in [1.82, 2.24) is 0 Å². The van der Waals surface area contributed by atoms with E-state index < -0.39 is 5.82 Å². The summed E-state index contributed by atoms with van der Waals surface area (Å²) in [5.74, 6) is 9.00. The summed E-state index contributed by atoms with van der Waals surface area (Å²) in [4.78, 5) is 0. The van der Waals surface area contributed by atoms with E-state index in [1.807, 2.05) is 30.3 Å². The normalized spacial score (nSPS) is 22.3. The minimum atomic E-state index is -0.480. The molecule has 1 saturated carbocycles. The number of benzene rings is 2. The van der Waals surface area contributed by atoms with Crippen molar-refractivity contribution in [2.75, 3.05) is 0 Å². The molecule has 2 aromatic carbocycles. The second kappa shape index (κ2) is 12.0. The van der Waals surface area contributed by atoms with Gasteiger partial charge in [0.15, 0.2) is 0 Å². The van der Waals surface area contributed by atoms with Crippen LogP contribution in [0.2, 0.25) is 0 Å². The minimum absolute atomic E-state index is 0.0734. The van der Waals surface area contributed by atoms with Crippen LogP contribution < -0.4 is 0 Å². The Kier molecular flexibility index (Phi) is 8.60. The third-order valence-corrected chi connectivity index (χ3v) is 7.90. The fraction of sp³-hybridized carbons (Fsp3) is 0.469. The summed E-state index contributed by atoms with van der Waals surface area (Å²) in [6.07, 6.45) is 17.4. The Balaban J connectivity index is 1.28. The van der Waals surface area contributed by atoms with Gasteiger partial charge in [0, 0.05) is 5.56 Å². The van der Waals surface area contributed by atoms with E-state index in [1.54, 1.807) is 6.07 Å². The van der Waals surface area contributed by atoms with Crippen LogP contribution in [0.15, 0.2) is 54.1 Å².